The normalized spacial score (nSPS) is 14.4. The molecule has 102 valence electrons. The zero-order chi connectivity index (χ0) is 13.6. The highest BCUT2D eigenvalue weighted by Crippen LogP contribution is 2.23. The van der Waals surface area contributed by atoms with Gasteiger partial charge >= 0.3 is 0 Å². The van der Waals surface area contributed by atoms with Crippen molar-refractivity contribution in [1.82, 2.24) is 15.1 Å². The van der Waals surface area contributed by atoms with E-state index in [0.29, 0.717) is 0 Å². The monoisotopic (exact) mass is 251 g/mol. The Bertz CT molecular complexity index is 386. The van der Waals surface area contributed by atoms with Crippen LogP contribution in [0.4, 0.5) is 0 Å². The number of hydrogen-bond donors (Lipinski definition) is 1. The fourth-order valence-corrected chi connectivity index (χ4v) is 2.00. The van der Waals surface area contributed by atoms with E-state index in [1.807, 2.05) is 24.7 Å². The van der Waals surface area contributed by atoms with E-state index in [4.69, 9.17) is 4.74 Å². The van der Waals surface area contributed by atoms with Crippen LogP contribution >= 0.6 is 0 Å². The van der Waals surface area contributed by atoms with E-state index >= 15 is 0 Å². The van der Waals surface area contributed by atoms with E-state index < -0.39 is 0 Å². The Morgan fingerprint density at radius 1 is 1.61 bits per heavy atom. The first-order valence-corrected chi connectivity index (χ1v) is 6.33. The molecule has 0 amide bonds. The van der Waals surface area contributed by atoms with Crippen molar-refractivity contribution in [3.63, 3.8) is 0 Å². The first kappa shape index (κ1) is 14.9. The van der Waals surface area contributed by atoms with Crippen LogP contribution in [-0.4, -0.2) is 36.6 Å². The summed E-state index contributed by atoms with van der Waals surface area (Å²) in [5.41, 5.74) is 2.34. The highest BCUT2D eigenvalue weighted by molar-refractivity contribution is 5.13. The molecule has 0 aliphatic heterocycles. The molecule has 0 fully saturated rings. The summed E-state index contributed by atoms with van der Waals surface area (Å²) in [6.07, 6.45) is 2.96. The Morgan fingerprint density at radius 2 is 2.33 bits per heavy atom. The number of methoxy groups -OCH3 is 1. The SMILES string of the molecule is C=CC(C)(CNCCOC)Cc1cc(C)nn1C. The molecule has 0 aliphatic rings. The van der Waals surface area contributed by atoms with Crippen molar-refractivity contribution in [1.29, 1.82) is 0 Å². The summed E-state index contributed by atoms with van der Waals surface area (Å²) in [5, 5.41) is 7.78. The summed E-state index contributed by atoms with van der Waals surface area (Å²) in [6, 6.07) is 2.14. The van der Waals surface area contributed by atoms with Crippen LogP contribution in [0.15, 0.2) is 18.7 Å². The Morgan fingerprint density at radius 3 is 2.83 bits per heavy atom. The minimum absolute atomic E-state index is 0.0357. The molecule has 1 unspecified atom stereocenters. The van der Waals surface area contributed by atoms with Crippen LogP contribution in [-0.2, 0) is 18.2 Å². The molecule has 4 nitrogen and oxygen atoms in total. The van der Waals surface area contributed by atoms with Gasteiger partial charge in [0.15, 0.2) is 0 Å². The van der Waals surface area contributed by atoms with Gasteiger partial charge in [0.1, 0.15) is 0 Å². The van der Waals surface area contributed by atoms with E-state index in [1.165, 1.54) is 5.69 Å². The number of nitrogens with one attached hydrogen (secondary N) is 1. The zero-order valence-corrected chi connectivity index (χ0v) is 12.0. The molecule has 1 N–H and O–H groups in total. The molecule has 1 aromatic rings. The van der Waals surface area contributed by atoms with E-state index in [9.17, 15) is 0 Å². The van der Waals surface area contributed by atoms with Crippen LogP contribution in [0.2, 0.25) is 0 Å². The van der Waals surface area contributed by atoms with Crippen molar-refractivity contribution in [3.8, 4) is 0 Å². The fourth-order valence-electron chi connectivity index (χ4n) is 2.00. The molecule has 4 heteroatoms. The van der Waals surface area contributed by atoms with Gasteiger partial charge in [-0.25, -0.2) is 0 Å². The molecule has 0 radical (unpaired) electrons. The minimum Gasteiger partial charge on any atom is -0.383 e. The lowest BCUT2D eigenvalue weighted by Crippen LogP contribution is -2.34. The van der Waals surface area contributed by atoms with Crippen molar-refractivity contribution >= 4 is 0 Å². The molecule has 1 heterocycles. The highest BCUT2D eigenvalue weighted by Gasteiger charge is 2.22. The smallest absolute Gasteiger partial charge is 0.0596 e. The van der Waals surface area contributed by atoms with Crippen molar-refractivity contribution in [2.75, 3.05) is 26.8 Å². The van der Waals surface area contributed by atoms with Gasteiger partial charge in [-0.1, -0.05) is 13.0 Å². The Labute approximate surface area is 110 Å². The van der Waals surface area contributed by atoms with E-state index in [0.717, 1.165) is 31.8 Å². The lowest BCUT2D eigenvalue weighted by atomic mass is 9.85. The van der Waals surface area contributed by atoms with Gasteiger partial charge < -0.3 is 10.1 Å². The first-order chi connectivity index (χ1) is 8.50. The summed E-state index contributed by atoms with van der Waals surface area (Å²) < 4.78 is 6.98. The van der Waals surface area contributed by atoms with Gasteiger partial charge in [0.2, 0.25) is 0 Å². The topological polar surface area (TPSA) is 39.1 Å². The molecule has 0 aliphatic carbocycles. The second-order valence-corrected chi connectivity index (χ2v) is 5.11. The number of hydrogen-bond acceptors (Lipinski definition) is 3. The number of aromatic nitrogens is 2. The summed E-state index contributed by atoms with van der Waals surface area (Å²) >= 11 is 0. The predicted octanol–water partition coefficient (Wildman–Crippen LogP) is 1.70. The van der Waals surface area contributed by atoms with Crippen LogP contribution in [0, 0.1) is 12.3 Å². The van der Waals surface area contributed by atoms with Crippen molar-refractivity contribution in [2.24, 2.45) is 12.5 Å². The molecule has 0 aromatic carbocycles. The predicted molar refractivity (Wildman–Crippen MR) is 74.7 cm³/mol. The third kappa shape index (κ3) is 4.27. The number of nitrogens with zero attached hydrogens (tertiary/aromatic N) is 2. The van der Waals surface area contributed by atoms with Crippen LogP contribution in [0.5, 0.6) is 0 Å². The molecular weight excluding hydrogens is 226 g/mol. The van der Waals surface area contributed by atoms with Gasteiger partial charge in [-0.3, -0.25) is 4.68 Å². The van der Waals surface area contributed by atoms with Crippen LogP contribution in [0.1, 0.15) is 18.3 Å². The van der Waals surface area contributed by atoms with E-state index in [2.05, 4.69) is 30.0 Å². The Balaban J connectivity index is 2.59. The van der Waals surface area contributed by atoms with Crippen LogP contribution in [0.25, 0.3) is 0 Å². The molecular formula is C14H25N3O. The van der Waals surface area contributed by atoms with Gasteiger partial charge in [-0.15, -0.1) is 6.58 Å². The lowest BCUT2D eigenvalue weighted by molar-refractivity contribution is 0.195. The lowest BCUT2D eigenvalue weighted by Gasteiger charge is -2.26. The van der Waals surface area contributed by atoms with Gasteiger partial charge in [0, 0.05) is 38.4 Å². The van der Waals surface area contributed by atoms with E-state index in [1.54, 1.807) is 7.11 Å². The quantitative estimate of drug-likeness (QED) is 0.564. The van der Waals surface area contributed by atoms with Gasteiger partial charge in [0.25, 0.3) is 0 Å². The third-order valence-corrected chi connectivity index (χ3v) is 3.19. The number of ether oxygens (including phenoxy) is 1. The van der Waals surface area contributed by atoms with Gasteiger partial charge in [-0.2, -0.15) is 5.10 Å². The van der Waals surface area contributed by atoms with Crippen LogP contribution < -0.4 is 5.32 Å². The summed E-state index contributed by atoms with van der Waals surface area (Å²) in [7, 11) is 3.71. The molecule has 0 bridgehead atoms. The second kappa shape index (κ2) is 6.71. The second-order valence-electron chi connectivity index (χ2n) is 5.11. The van der Waals surface area contributed by atoms with Gasteiger partial charge in [0.05, 0.1) is 12.3 Å². The van der Waals surface area contributed by atoms with Crippen molar-refractivity contribution in [3.05, 3.63) is 30.1 Å². The van der Waals surface area contributed by atoms with Crippen molar-refractivity contribution in [2.45, 2.75) is 20.3 Å². The Hall–Kier alpha value is -1.13. The van der Waals surface area contributed by atoms with Gasteiger partial charge in [-0.05, 0) is 19.4 Å². The zero-order valence-electron chi connectivity index (χ0n) is 12.0. The first-order valence-electron chi connectivity index (χ1n) is 6.33. The number of aryl methyl sites for hydroxylation is 2. The minimum atomic E-state index is 0.0357. The molecule has 1 atom stereocenters. The summed E-state index contributed by atoms with van der Waals surface area (Å²) in [4.78, 5) is 0. The molecule has 0 spiro atoms. The maximum atomic E-state index is 5.03. The summed E-state index contributed by atoms with van der Waals surface area (Å²) in [5.74, 6) is 0. The molecule has 1 aromatic heterocycles. The number of rotatable bonds is 8. The average molecular weight is 251 g/mol. The van der Waals surface area contributed by atoms with E-state index in [-0.39, 0.29) is 5.41 Å². The fraction of sp³-hybridized carbons (Fsp3) is 0.643. The highest BCUT2D eigenvalue weighted by atomic mass is 16.5. The largest absolute Gasteiger partial charge is 0.383 e. The molecule has 0 saturated carbocycles. The standard InChI is InChI=1S/C14H25N3O/c1-6-14(3,11-15-7-8-18-5)10-13-9-12(2)16-17(13)4/h6,9,15H,1,7-8,10-11H2,2-5H3. The Kier molecular flexibility index (Phi) is 5.56. The maximum absolute atomic E-state index is 5.03. The van der Waals surface area contributed by atoms with Crippen molar-refractivity contribution < 1.29 is 4.74 Å². The summed E-state index contributed by atoms with van der Waals surface area (Å²) in [6.45, 7) is 10.7. The third-order valence-electron chi connectivity index (χ3n) is 3.19. The maximum Gasteiger partial charge on any atom is 0.0596 e. The molecule has 0 saturated heterocycles. The van der Waals surface area contributed by atoms with Crippen LogP contribution in [0.3, 0.4) is 0 Å². The molecule has 1 rings (SSSR count). The average Bonchev–Trinajstić information content (AvgIpc) is 2.63. The molecule has 18 heavy (non-hydrogen) atoms.